The molecule has 84 valence electrons. The van der Waals surface area contributed by atoms with Crippen LogP contribution in [0.5, 0.6) is 0 Å². The molecule has 1 saturated heterocycles. The third kappa shape index (κ3) is 2.75. The summed E-state index contributed by atoms with van der Waals surface area (Å²) in [5, 5.41) is 6.96. The Bertz CT molecular complexity index is 330. The summed E-state index contributed by atoms with van der Waals surface area (Å²) in [7, 11) is 0. The van der Waals surface area contributed by atoms with Gasteiger partial charge in [-0.25, -0.2) is 0 Å². The van der Waals surface area contributed by atoms with Crippen LogP contribution in [0, 0.1) is 6.92 Å². The van der Waals surface area contributed by atoms with Crippen LogP contribution in [0.4, 0.5) is 5.88 Å². The number of hydrogen-bond acceptors (Lipinski definition) is 3. The van der Waals surface area contributed by atoms with Crippen molar-refractivity contribution in [2.45, 2.75) is 45.2 Å². The van der Waals surface area contributed by atoms with Gasteiger partial charge in [0.05, 0.1) is 0 Å². The minimum atomic E-state index is 0.234. The fourth-order valence-electron chi connectivity index (χ4n) is 2.21. The molecule has 0 bridgehead atoms. The Morgan fingerprint density at radius 1 is 1.47 bits per heavy atom. The summed E-state index contributed by atoms with van der Waals surface area (Å²) in [5.74, 6) is 1.86. The normalized spacial score (nSPS) is 25.1. The fourth-order valence-corrected chi connectivity index (χ4v) is 2.21. The lowest BCUT2D eigenvalue weighted by Crippen LogP contribution is -2.49. The Hall–Kier alpha value is -0.960. The molecule has 3 nitrogen and oxygen atoms in total. The van der Waals surface area contributed by atoms with Gasteiger partial charge in [0.2, 0.25) is 0 Å². The smallest absolute Gasteiger partial charge is 0.193 e. The summed E-state index contributed by atoms with van der Waals surface area (Å²) >= 11 is 0. The third-order valence-electron chi connectivity index (χ3n) is 2.94. The van der Waals surface area contributed by atoms with Gasteiger partial charge in [-0.2, -0.15) is 0 Å². The van der Waals surface area contributed by atoms with E-state index in [0.717, 1.165) is 31.0 Å². The second-order valence-electron chi connectivity index (χ2n) is 5.06. The molecule has 2 heterocycles. The number of hydrogen-bond donors (Lipinski definition) is 2. The average Bonchev–Trinajstić information content (AvgIpc) is 2.49. The molecule has 0 radical (unpaired) electrons. The van der Waals surface area contributed by atoms with Crippen LogP contribution in [-0.2, 0) is 0 Å². The lowest BCUT2D eigenvalue weighted by Gasteiger charge is -2.36. The van der Waals surface area contributed by atoms with E-state index in [4.69, 9.17) is 4.42 Å². The number of aryl methyl sites for hydroxylation is 1. The number of piperidine rings is 1. The van der Waals surface area contributed by atoms with Gasteiger partial charge in [-0.3, -0.25) is 0 Å². The summed E-state index contributed by atoms with van der Waals surface area (Å²) in [6.45, 7) is 7.53. The highest BCUT2D eigenvalue weighted by Crippen LogP contribution is 2.22. The first-order chi connectivity index (χ1) is 7.05. The van der Waals surface area contributed by atoms with E-state index < -0.39 is 0 Å². The largest absolute Gasteiger partial charge is 0.446 e. The van der Waals surface area contributed by atoms with E-state index in [1.54, 1.807) is 0 Å². The van der Waals surface area contributed by atoms with E-state index in [1.165, 1.54) is 0 Å². The van der Waals surface area contributed by atoms with Crippen molar-refractivity contribution in [3.05, 3.63) is 17.9 Å². The number of nitrogens with one attached hydrogen (secondary N) is 2. The molecule has 15 heavy (non-hydrogen) atoms. The minimum absolute atomic E-state index is 0.234. The van der Waals surface area contributed by atoms with Gasteiger partial charge >= 0.3 is 0 Å². The van der Waals surface area contributed by atoms with Crippen molar-refractivity contribution in [2.24, 2.45) is 0 Å². The first-order valence-electron chi connectivity index (χ1n) is 5.63. The van der Waals surface area contributed by atoms with Crippen molar-refractivity contribution in [3.8, 4) is 0 Å². The SMILES string of the molecule is Cc1ccc(NC2CCNC(C)(C)C2)o1. The van der Waals surface area contributed by atoms with Crippen LogP contribution >= 0.6 is 0 Å². The molecule has 2 N–H and O–H groups in total. The van der Waals surface area contributed by atoms with Crippen molar-refractivity contribution in [2.75, 3.05) is 11.9 Å². The highest BCUT2D eigenvalue weighted by molar-refractivity contribution is 5.33. The monoisotopic (exact) mass is 208 g/mol. The molecule has 2 rings (SSSR count). The minimum Gasteiger partial charge on any atom is -0.446 e. The zero-order valence-electron chi connectivity index (χ0n) is 9.76. The predicted molar refractivity (Wildman–Crippen MR) is 62.2 cm³/mol. The molecule has 1 aliphatic rings. The highest BCUT2D eigenvalue weighted by atomic mass is 16.4. The molecule has 3 heteroatoms. The van der Waals surface area contributed by atoms with E-state index in [0.29, 0.717) is 6.04 Å². The van der Waals surface area contributed by atoms with Crippen molar-refractivity contribution >= 4 is 5.88 Å². The molecular weight excluding hydrogens is 188 g/mol. The summed E-state index contributed by atoms with van der Waals surface area (Å²) < 4.78 is 5.52. The third-order valence-corrected chi connectivity index (χ3v) is 2.94. The highest BCUT2D eigenvalue weighted by Gasteiger charge is 2.27. The molecule has 1 fully saturated rings. The lowest BCUT2D eigenvalue weighted by molar-refractivity contribution is 0.284. The lowest BCUT2D eigenvalue weighted by atomic mass is 9.89. The summed E-state index contributed by atoms with van der Waals surface area (Å²) in [6, 6.07) is 4.52. The van der Waals surface area contributed by atoms with Crippen LogP contribution in [0.2, 0.25) is 0 Å². The fraction of sp³-hybridized carbons (Fsp3) is 0.667. The maximum absolute atomic E-state index is 5.52. The predicted octanol–water partition coefficient (Wildman–Crippen LogP) is 2.53. The Labute approximate surface area is 91.2 Å². The van der Waals surface area contributed by atoms with Crippen molar-refractivity contribution < 1.29 is 4.42 Å². The van der Waals surface area contributed by atoms with Crippen molar-refractivity contribution in [3.63, 3.8) is 0 Å². The molecule has 1 unspecified atom stereocenters. The van der Waals surface area contributed by atoms with Crippen LogP contribution < -0.4 is 10.6 Å². The van der Waals surface area contributed by atoms with E-state index in [9.17, 15) is 0 Å². The first-order valence-corrected chi connectivity index (χ1v) is 5.63. The average molecular weight is 208 g/mol. The van der Waals surface area contributed by atoms with E-state index in [1.807, 2.05) is 19.1 Å². The standard InChI is InChI=1S/C12H20N2O/c1-9-4-5-11(15-9)14-10-6-7-13-12(2,3)8-10/h4-5,10,13-14H,6-8H2,1-3H3. The second-order valence-corrected chi connectivity index (χ2v) is 5.06. The summed E-state index contributed by atoms with van der Waals surface area (Å²) in [6.07, 6.45) is 2.29. The molecule has 0 saturated carbocycles. The number of anilines is 1. The maximum atomic E-state index is 5.52. The van der Waals surface area contributed by atoms with Crippen LogP contribution in [0.15, 0.2) is 16.5 Å². The molecular formula is C12H20N2O. The first kappa shape index (κ1) is 10.6. The molecule has 1 aliphatic heterocycles. The van der Waals surface area contributed by atoms with Gasteiger partial charge in [0.25, 0.3) is 0 Å². The second kappa shape index (κ2) is 3.89. The molecule has 0 amide bonds. The van der Waals surface area contributed by atoms with Crippen molar-refractivity contribution in [1.29, 1.82) is 0 Å². The quantitative estimate of drug-likeness (QED) is 0.784. The topological polar surface area (TPSA) is 37.2 Å². The maximum Gasteiger partial charge on any atom is 0.193 e. The van der Waals surface area contributed by atoms with Crippen LogP contribution in [-0.4, -0.2) is 18.1 Å². The summed E-state index contributed by atoms with van der Waals surface area (Å²) in [4.78, 5) is 0. The Kier molecular flexibility index (Phi) is 2.74. The van der Waals surface area contributed by atoms with E-state index in [-0.39, 0.29) is 5.54 Å². The Balaban J connectivity index is 1.95. The zero-order chi connectivity index (χ0) is 10.9. The zero-order valence-corrected chi connectivity index (χ0v) is 9.76. The van der Waals surface area contributed by atoms with Crippen LogP contribution in [0.25, 0.3) is 0 Å². The Morgan fingerprint density at radius 2 is 2.27 bits per heavy atom. The Morgan fingerprint density at radius 3 is 2.87 bits per heavy atom. The van der Waals surface area contributed by atoms with Crippen LogP contribution in [0.1, 0.15) is 32.4 Å². The van der Waals surface area contributed by atoms with Crippen molar-refractivity contribution in [1.82, 2.24) is 5.32 Å². The van der Waals surface area contributed by atoms with E-state index >= 15 is 0 Å². The molecule has 0 aromatic carbocycles. The van der Waals surface area contributed by atoms with Gasteiger partial charge in [0.15, 0.2) is 5.88 Å². The van der Waals surface area contributed by atoms with Gasteiger partial charge in [-0.1, -0.05) is 0 Å². The summed E-state index contributed by atoms with van der Waals surface area (Å²) in [5.41, 5.74) is 0.234. The molecule has 0 aliphatic carbocycles. The van der Waals surface area contributed by atoms with Gasteiger partial charge < -0.3 is 15.1 Å². The van der Waals surface area contributed by atoms with Gasteiger partial charge in [-0.15, -0.1) is 0 Å². The molecule has 0 spiro atoms. The number of furan rings is 1. The number of rotatable bonds is 2. The molecule has 1 atom stereocenters. The molecule has 1 aromatic rings. The van der Waals surface area contributed by atoms with Gasteiger partial charge in [0, 0.05) is 17.6 Å². The molecule has 1 aromatic heterocycles. The van der Waals surface area contributed by atoms with Crippen LogP contribution in [0.3, 0.4) is 0 Å². The van der Waals surface area contributed by atoms with Gasteiger partial charge in [0.1, 0.15) is 5.76 Å². The van der Waals surface area contributed by atoms with E-state index in [2.05, 4.69) is 24.5 Å². The van der Waals surface area contributed by atoms with Gasteiger partial charge in [-0.05, 0) is 46.2 Å².